The molecule has 0 aliphatic carbocycles. The monoisotopic (exact) mass is 269 g/mol. The quantitative estimate of drug-likeness (QED) is 0.846. The maximum Gasteiger partial charge on any atom is 0.125 e. The molecule has 0 radical (unpaired) electrons. The summed E-state index contributed by atoms with van der Waals surface area (Å²) in [6.07, 6.45) is 2.20. The van der Waals surface area contributed by atoms with Gasteiger partial charge in [-0.05, 0) is 37.4 Å². The third kappa shape index (κ3) is 2.05. The molecular weight excluding hydrogens is 254 g/mol. The maximum absolute atomic E-state index is 6.25. The molecule has 1 aromatic rings. The van der Waals surface area contributed by atoms with Crippen LogP contribution in [0.2, 0.25) is 5.02 Å². The van der Waals surface area contributed by atoms with Crippen LogP contribution >= 0.6 is 23.4 Å². The number of thioether (sulfide) groups is 1. The van der Waals surface area contributed by atoms with E-state index < -0.39 is 0 Å². The van der Waals surface area contributed by atoms with Gasteiger partial charge < -0.3 is 10.1 Å². The molecule has 2 atom stereocenters. The summed E-state index contributed by atoms with van der Waals surface area (Å²) in [5.74, 6) is 3.31. The number of ether oxygens (including phenoxy) is 1. The SMILES string of the molecule is CNC1CC2(CCSC2)Oc2ccc(Cl)cc21. The number of benzene rings is 1. The smallest absolute Gasteiger partial charge is 0.125 e. The number of fused-ring (bicyclic) bond motifs is 1. The van der Waals surface area contributed by atoms with Crippen LogP contribution in [0.15, 0.2) is 18.2 Å². The van der Waals surface area contributed by atoms with E-state index in [4.69, 9.17) is 16.3 Å². The largest absolute Gasteiger partial charge is 0.486 e. The molecule has 4 heteroatoms. The Hall–Kier alpha value is -0.380. The molecule has 1 aromatic carbocycles. The molecule has 1 fully saturated rings. The highest BCUT2D eigenvalue weighted by Crippen LogP contribution is 2.46. The third-order valence-corrected chi connectivity index (χ3v) is 5.12. The molecule has 1 saturated heterocycles. The lowest BCUT2D eigenvalue weighted by atomic mass is 9.87. The summed E-state index contributed by atoms with van der Waals surface area (Å²) in [6.45, 7) is 0. The first kappa shape index (κ1) is 11.7. The highest BCUT2D eigenvalue weighted by atomic mass is 35.5. The number of halogens is 1. The average molecular weight is 270 g/mol. The molecule has 1 N–H and O–H groups in total. The maximum atomic E-state index is 6.25. The lowest BCUT2D eigenvalue weighted by Crippen LogP contribution is -2.43. The second kappa shape index (κ2) is 4.38. The van der Waals surface area contributed by atoms with Crippen molar-refractivity contribution in [3.63, 3.8) is 0 Å². The molecule has 2 nitrogen and oxygen atoms in total. The van der Waals surface area contributed by atoms with Crippen LogP contribution < -0.4 is 10.1 Å². The number of hydrogen-bond donors (Lipinski definition) is 1. The summed E-state index contributed by atoms with van der Waals surface area (Å²) in [5, 5.41) is 4.17. The lowest BCUT2D eigenvalue weighted by Gasteiger charge is -2.39. The van der Waals surface area contributed by atoms with Crippen LogP contribution in [-0.2, 0) is 0 Å². The van der Waals surface area contributed by atoms with Crippen LogP contribution in [0.3, 0.4) is 0 Å². The Morgan fingerprint density at radius 1 is 1.53 bits per heavy atom. The Morgan fingerprint density at radius 2 is 2.41 bits per heavy atom. The summed E-state index contributed by atoms with van der Waals surface area (Å²) in [6, 6.07) is 6.30. The van der Waals surface area contributed by atoms with E-state index in [2.05, 4.69) is 5.32 Å². The summed E-state index contributed by atoms with van der Waals surface area (Å²) in [5.41, 5.74) is 1.24. The van der Waals surface area contributed by atoms with Crippen molar-refractivity contribution in [3.05, 3.63) is 28.8 Å². The molecule has 3 rings (SSSR count). The molecule has 0 bridgehead atoms. The van der Waals surface area contributed by atoms with Crippen LogP contribution in [0.5, 0.6) is 5.75 Å². The first-order valence-electron chi connectivity index (χ1n) is 5.96. The molecular formula is C13H16ClNOS. The van der Waals surface area contributed by atoms with Crippen LogP contribution in [0, 0.1) is 0 Å². The van der Waals surface area contributed by atoms with Crippen molar-refractivity contribution < 1.29 is 4.74 Å². The van der Waals surface area contributed by atoms with E-state index in [0.29, 0.717) is 6.04 Å². The molecule has 0 saturated carbocycles. The topological polar surface area (TPSA) is 21.3 Å². The highest BCUT2D eigenvalue weighted by molar-refractivity contribution is 7.99. The van der Waals surface area contributed by atoms with Gasteiger partial charge in [-0.2, -0.15) is 11.8 Å². The van der Waals surface area contributed by atoms with Gasteiger partial charge in [0, 0.05) is 28.8 Å². The summed E-state index contributed by atoms with van der Waals surface area (Å²) < 4.78 is 6.25. The third-order valence-electron chi connectivity index (χ3n) is 3.67. The van der Waals surface area contributed by atoms with E-state index in [9.17, 15) is 0 Å². The predicted octanol–water partition coefficient (Wildman–Crippen LogP) is 3.26. The van der Waals surface area contributed by atoms with Crippen LogP contribution in [0.25, 0.3) is 0 Å². The zero-order valence-corrected chi connectivity index (χ0v) is 11.4. The first-order chi connectivity index (χ1) is 8.22. The predicted molar refractivity (Wildman–Crippen MR) is 73.2 cm³/mol. The van der Waals surface area contributed by atoms with E-state index in [-0.39, 0.29) is 5.60 Å². The van der Waals surface area contributed by atoms with Crippen LogP contribution in [0.4, 0.5) is 0 Å². The summed E-state index contributed by atoms with van der Waals surface area (Å²) in [7, 11) is 2.01. The van der Waals surface area contributed by atoms with E-state index in [0.717, 1.165) is 29.4 Å². The van der Waals surface area contributed by atoms with Gasteiger partial charge in [-0.15, -0.1) is 0 Å². The van der Waals surface area contributed by atoms with Gasteiger partial charge in [0.1, 0.15) is 11.4 Å². The summed E-state index contributed by atoms with van der Waals surface area (Å²) >= 11 is 8.05. The zero-order valence-electron chi connectivity index (χ0n) is 9.83. The highest BCUT2D eigenvalue weighted by Gasteiger charge is 2.43. The Morgan fingerprint density at radius 3 is 3.12 bits per heavy atom. The van der Waals surface area contributed by atoms with E-state index >= 15 is 0 Å². The molecule has 0 aromatic heterocycles. The van der Waals surface area contributed by atoms with Gasteiger partial charge in [0.25, 0.3) is 0 Å². The first-order valence-corrected chi connectivity index (χ1v) is 7.49. The molecule has 0 amide bonds. The fourth-order valence-corrected chi connectivity index (χ4v) is 4.26. The molecule has 2 aliphatic heterocycles. The fourth-order valence-electron chi connectivity index (χ4n) is 2.73. The van der Waals surface area contributed by atoms with Gasteiger partial charge in [0.15, 0.2) is 0 Å². The second-order valence-electron chi connectivity index (χ2n) is 4.82. The number of rotatable bonds is 1. The van der Waals surface area contributed by atoms with Gasteiger partial charge in [-0.25, -0.2) is 0 Å². The van der Waals surface area contributed by atoms with Crippen LogP contribution in [-0.4, -0.2) is 24.2 Å². The Balaban J connectivity index is 2.00. The van der Waals surface area contributed by atoms with Crippen molar-refractivity contribution in [1.29, 1.82) is 0 Å². The van der Waals surface area contributed by atoms with Crippen molar-refractivity contribution in [2.75, 3.05) is 18.6 Å². The molecule has 1 spiro atoms. The van der Waals surface area contributed by atoms with E-state index in [1.54, 1.807) is 0 Å². The van der Waals surface area contributed by atoms with E-state index in [1.165, 1.54) is 11.3 Å². The molecule has 2 heterocycles. The number of nitrogens with one attached hydrogen (secondary N) is 1. The lowest BCUT2D eigenvalue weighted by molar-refractivity contribution is 0.0565. The van der Waals surface area contributed by atoms with E-state index in [1.807, 2.05) is 37.0 Å². The minimum Gasteiger partial charge on any atom is -0.486 e. The second-order valence-corrected chi connectivity index (χ2v) is 6.36. The zero-order chi connectivity index (χ0) is 11.9. The summed E-state index contributed by atoms with van der Waals surface area (Å²) in [4.78, 5) is 0. The normalized spacial score (nSPS) is 31.3. The average Bonchev–Trinajstić information content (AvgIpc) is 2.77. The van der Waals surface area contributed by atoms with Gasteiger partial charge in [-0.1, -0.05) is 11.6 Å². The van der Waals surface area contributed by atoms with Crippen molar-refractivity contribution >= 4 is 23.4 Å². The van der Waals surface area contributed by atoms with Crippen molar-refractivity contribution in [1.82, 2.24) is 5.32 Å². The van der Waals surface area contributed by atoms with Gasteiger partial charge in [-0.3, -0.25) is 0 Å². The van der Waals surface area contributed by atoms with Crippen LogP contribution in [0.1, 0.15) is 24.4 Å². The number of hydrogen-bond acceptors (Lipinski definition) is 3. The fraction of sp³-hybridized carbons (Fsp3) is 0.538. The molecule has 92 valence electrons. The Kier molecular flexibility index (Phi) is 3.01. The minimum absolute atomic E-state index is 0.0408. The van der Waals surface area contributed by atoms with Gasteiger partial charge in [0.05, 0.1) is 0 Å². The molecule has 2 aliphatic rings. The Bertz CT molecular complexity index is 431. The van der Waals surface area contributed by atoms with Gasteiger partial charge in [0.2, 0.25) is 0 Å². The van der Waals surface area contributed by atoms with Crippen molar-refractivity contribution in [2.45, 2.75) is 24.5 Å². The Labute approximate surface area is 111 Å². The molecule has 2 unspecified atom stereocenters. The van der Waals surface area contributed by atoms with Crippen molar-refractivity contribution in [2.24, 2.45) is 0 Å². The minimum atomic E-state index is 0.0408. The van der Waals surface area contributed by atoms with Crippen molar-refractivity contribution in [3.8, 4) is 5.75 Å². The standard InChI is InChI=1S/C13H16ClNOS/c1-15-11-7-13(4-5-17-8-13)16-12-3-2-9(14)6-10(11)12/h2-3,6,11,15H,4-5,7-8H2,1H3. The van der Waals surface area contributed by atoms with Gasteiger partial charge >= 0.3 is 0 Å². The molecule has 17 heavy (non-hydrogen) atoms.